The van der Waals surface area contributed by atoms with Crippen LogP contribution in [0.5, 0.6) is 5.75 Å². The third-order valence-corrected chi connectivity index (χ3v) is 11.9. The Morgan fingerprint density at radius 3 is 2.23 bits per heavy atom. The van der Waals surface area contributed by atoms with Crippen molar-refractivity contribution < 1.29 is 44.3 Å². The summed E-state index contributed by atoms with van der Waals surface area (Å²) >= 11 is 0. The summed E-state index contributed by atoms with van der Waals surface area (Å²) in [5.41, 5.74) is -1.58. The average molecular weight is 763 g/mol. The van der Waals surface area contributed by atoms with Crippen LogP contribution < -0.4 is 10.1 Å². The summed E-state index contributed by atoms with van der Waals surface area (Å²) in [6, 6.07) is 11.4. The van der Waals surface area contributed by atoms with Crippen molar-refractivity contribution in [2.24, 2.45) is 0 Å². The molecule has 2 saturated heterocycles. The largest absolute Gasteiger partial charge is 0.495 e. The highest BCUT2D eigenvalue weighted by atomic mass is 32.2. The highest BCUT2D eigenvalue weighted by Crippen LogP contribution is 2.40. The Morgan fingerprint density at radius 1 is 0.943 bits per heavy atom. The van der Waals surface area contributed by atoms with E-state index in [0.717, 1.165) is 50.9 Å². The van der Waals surface area contributed by atoms with Gasteiger partial charge in [0.05, 0.1) is 35.2 Å². The monoisotopic (exact) mass is 762 g/mol. The number of nitrogens with zero attached hydrogens (tertiary/aromatic N) is 3. The van der Waals surface area contributed by atoms with Gasteiger partial charge in [0.2, 0.25) is 0 Å². The fourth-order valence-electron chi connectivity index (χ4n) is 7.34. The van der Waals surface area contributed by atoms with Gasteiger partial charge < -0.3 is 15.0 Å². The maximum atomic E-state index is 14.7. The van der Waals surface area contributed by atoms with Gasteiger partial charge >= 0.3 is 12.4 Å². The lowest BCUT2D eigenvalue weighted by Crippen LogP contribution is -2.44. The molecule has 2 aliphatic rings. The maximum Gasteiger partial charge on any atom is 0.416 e. The minimum atomic E-state index is -4.94. The van der Waals surface area contributed by atoms with Crippen molar-refractivity contribution in [2.75, 3.05) is 39.0 Å². The van der Waals surface area contributed by atoms with Gasteiger partial charge in [-0.05, 0) is 75.6 Å². The summed E-state index contributed by atoms with van der Waals surface area (Å²) in [5.74, 6) is -1.68. The highest BCUT2D eigenvalue weighted by Gasteiger charge is 2.43. The molecule has 0 spiro atoms. The summed E-state index contributed by atoms with van der Waals surface area (Å²) < 4.78 is 118. The van der Waals surface area contributed by atoms with Crippen molar-refractivity contribution in [3.63, 3.8) is 0 Å². The molecule has 15 heteroatoms. The number of amides is 1. The number of benzene rings is 3. The van der Waals surface area contributed by atoms with Gasteiger partial charge in [0, 0.05) is 35.2 Å². The van der Waals surface area contributed by atoms with Crippen LogP contribution in [0.1, 0.15) is 65.7 Å². The molecule has 1 unspecified atom stereocenters. The predicted octanol–water partition coefficient (Wildman–Crippen LogP) is 7.82. The molecular formula is C38H40F6N4O4S. The minimum absolute atomic E-state index is 0.0163. The third-order valence-electron chi connectivity index (χ3n) is 10.1. The van der Waals surface area contributed by atoms with Gasteiger partial charge in [-0.25, -0.2) is 13.4 Å². The number of carbonyl (C=O) groups excluding carboxylic acids is 1. The summed E-state index contributed by atoms with van der Waals surface area (Å²) in [6.07, 6.45) is -5.88. The van der Waals surface area contributed by atoms with Crippen LogP contribution in [0.25, 0.3) is 22.2 Å². The fraction of sp³-hybridized carbons (Fsp3) is 0.421. The van der Waals surface area contributed by atoms with Gasteiger partial charge in [0.15, 0.2) is 15.9 Å². The van der Waals surface area contributed by atoms with Crippen molar-refractivity contribution in [1.29, 1.82) is 0 Å². The second-order valence-corrected chi connectivity index (χ2v) is 15.7. The molecule has 284 valence electrons. The lowest BCUT2D eigenvalue weighted by atomic mass is 9.93. The van der Waals surface area contributed by atoms with Crippen LogP contribution >= 0.6 is 0 Å². The number of likely N-dealkylation sites (tertiary alicyclic amines) is 2. The molecule has 0 radical (unpaired) electrons. The Morgan fingerprint density at radius 2 is 1.62 bits per heavy atom. The topological polar surface area (TPSA) is 91.8 Å². The number of halogens is 6. The Kier molecular flexibility index (Phi) is 11.1. The van der Waals surface area contributed by atoms with Gasteiger partial charge in [0.1, 0.15) is 10.6 Å². The molecule has 1 amide bonds. The molecule has 53 heavy (non-hydrogen) atoms. The standard InChI is InChI=1S/C38H40F6N4O4S/c1-3-53(50,51)32-21-28-30(22-31(32)52-2)45-34(25-12-9-13-26(20-25)37(39,40)41)29(23-47-18-14-27(15-19-47)48-16-7-8-17-48)33(28)36(49)46-35(38(42,43)44)24-10-5-4-6-11-24/h4-6,9-13,20-22,27,35H,3,7-8,14-19,23H2,1-2H3,(H,46,49). The molecule has 0 aliphatic carbocycles. The third kappa shape index (κ3) is 8.31. The molecule has 2 fully saturated rings. The zero-order valence-electron chi connectivity index (χ0n) is 29.2. The molecule has 1 atom stereocenters. The predicted molar refractivity (Wildman–Crippen MR) is 188 cm³/mol. The highest BCUT2D eigenvalue weighted by molar-refractivity contribution is 7.91. The number of aromatic nitrogens is 1. The number of hydrogen-bond donors (Lipinski definition) is 1. The van der Waals surface area contributed by atoms with Gasteiger partial charge in [-0.3, -0.25) is 9.69 Å². The molecule has 8 nitrogen and oxygen atoms in total. The minimum Gasteiger partial charge on any atom is -0.495 e. The first-order chi connectivity index (χ1) is 25.1. The zero-order chi connectivity index (χ0) is 38.1. The first kappa shape index (κ1) is 38.5. The molecular weight excluding hydrogens is 722 g/mol. The van der Waals surface area contributed by atoms with Crippen molar-refractivity contribution in [3.05, 3.63) is 89.0 Å². The van der Waals surface area contributed by atoms with Crippen LogP contribution in [0.15, 0.2) is 71.6 Å². The number of nitrogens with one attached hydrogen (secondary N) is 1. The van der Waals surface area contributed by atoms with Crippen LogP contribution in [-0.4, -0.2) is 80.4 Å². The SMILES string of the molecule is CCS(=O)(=O)c1cc2c(C(=O)NC(c3ccccc3)C(F)(F)F)c(CN3CCC(N4CCCC4)CC3)c(-c3cccc(C(F)(F)F)c3)nc2cc1OC. The van der Waals surface area contributed by atoms with E-state index in [1.54, 1.807) is 0 Å². The number of rotatable bonds is 10. The van der Waals surface area contributed by atoms with Crippen LogP contribution in [-0.2, 0) is 22.6 Å². The second kappa shape index (κ2) is 15.3. The van der Waals surface area contributed by atoms with Crippen LogP contribution in [0.2, 0.25) is 0 Å². The first-order valence-corrected chi connectivity index (χ1v) is 19.1. The Balaban J connectivity index is 1.59. The van der Waals surface area contributed by atoms with Gasteiger partial charge in [0.25, 0.3) is 5.91 Å². The van der Waals surface area contributed by atoms with Crippen LogP contribution in [0.3, 0.4) is 0 Å². The Labute approximate surface area is 304 Å². The molecule has 4 aromatic rings. The van der Waals surface area contributed by atoms with Crippen molar-refractivity contribution >= 4 is 26.6 Å². The number of alkyl halides is 6. The fourth-order valence-corrected chi connectivity index (χ4v) is 8.40. The first-order valence-electron chi connectivity index (χ1n) is 17.4. The Bertz CT molecular complexity index is 2060. The number of fused-ring (bicyclic) bond motifs is 1. The number of ether oxygens (including phenoxy) is 1. The summed E-state index contributed by atoms with van der Waals surface area (Å²) in [4.78, 5) is 23.4. The van der Waals surface area contributed by atoms with Gasteiger partial charge in [-0.1, -0.05) is 49.4 Å². The summed E-state index contributed by atoms with van der Waals surface area (Å²) in [7, 11) is -2.78. The molecule has 3 aromatic carbocycles. The molecule has 1 aromatic heterocycles. The van der Waals surface area contributed by atoms with Crippen molar-refractivity contribution in [2.45, 2.75) is 68.5 Å². The molecule has 0 bridgehead atoms. The van der Waals surface area contributed by atoms with Crippen LogP contribution in [0, 0.1) is 0 Å². The van der Waals surface area contributed by atoms with Crippen molar-refractivity contribution in [1.82, 2.24) is 20.1 Å². The van der Waals surface area contributed by atoms with Crippen molar-refractivity contribution in [3.8, 4) is 17.0 Å². The van der Waals surface area contributed by atoms with Gasteiger partial charge in [-0.15, -0.1) is 0 Å². The van der Waals surface area contributed by atoms with E-state index < -0.39 is 39.7 Å². The van der Waals surface area contributed by atoms with E-state index in [4.69, 9.17) is 9.72 Å². The van der Waals surface area contributed by atoms with E-state index in [9.17, 15) is 39.6 Å². The number of hydrogen-bond acceptors (Lipinski definition) is 7. The van der Waals surface area contributed by atoms with E-state index in [2.05, 4.69) is 10.2 Å². The number of sulfone groups is 1. The zero-order valence-corrected chi connectivity index (χ0v) is 30.0. The maximum absolute atomic E-state index is 14.7. The second-order valence-electron chi connectivity index (χ2n) is 13.4. The van der Waals surface area contributed by atoms with E-state index in [0.29, 0.717) is 19.1 Å². The smallest absolute Gasteiger partial charge is 0.416 e. The number of carbonyl (C=O) groups is 1. The number of piperidine rings is 1. The molecule has 0 saturated carbocycles. The Hall–Kier alpha value is -4.21. The average Bonchev–Trinajstić information content (AvgIpc) is 3.68. The molecule has 6 rings (SSSR count). The molecule has 1 N–H and O–H groups in total. The number of pyridine rings is 1. The normalized spacial score (nSPS) is 17.3. The number of methoxy groups -OCH3 is 1. The van der Waals surface area contributed by atoms with E-state index in [1.165, 1.54) is 68.6 Å². The van der Waals surface area contributed by atoms with E-state index >= 15 is 0 Å². The van der Waals surface area contributed by atoms with E-state index in [1.807, 2.05) is 4.90 Å². The van der Waals surface area contributed by atoms with Gasteiger partial charge in [-0.2, -0.15) is 26.3 Å². The van der Waals surface area contributed by atoms with Crippen LogP contribution in [0.4, 0.5) is 26.3 Å². The quantitative estimate of drug-likeness (QED) is 0.165. The van der Waals surface area contributed by atoms with E-state index in [-0.39, 0.29) is 61.8 Å². The lowest BCUT2D eigenvalue weighted by molar-refractivity contribution is -0.155. The lowest BCUT2D eigenvalue weighted by Gasteiger charge is -2.37. The molecule has 3 heterocycles. The molecule has 2 aliphatic heterocycles. The summed E-state index contributed by atoms with van der Waals surface area (Å²) in [6.45, 7) is 4.46. The summed E-state index contributed by atoms with van der Waals surface area (Å²) in [5, 5.41) is 2.06.